The highest BCUT2D eigenvalue weighted by molar-refractivity contribution is 5.85. The van der Waals surface area contributed by atoms with Gasteiger partial charge in [0.05, 0.1) is 6.61 Å². The van der Waals surface area contributed by atoms with E-state index in [0.717, 1.165) is 37.3 Å². The number of para-hydroxylation sites is 1. The number of carbonyl (C=O) groups excluding carboxylic acids is 1. The SMILES string of the molecule is O=C(Nc1ccccc1Cc1ccccc1)OCC1C2CCC1CN(Cc1ccccc1)C2. The highest BCUT2D eigenvalue weighted by atomic mass is 16.5. The van der Waals surface area contributed by atoms with Crippen molar-refractivity contribution in [3.8, 4) is 0 Å². The summed E-state index contributed by atoms with van der Waals surface area (Å²) in [7, 11) is 0. The molecule has 170 valence electrons. The van der Waals surface area contributed by atoms with Crippen LogP contribution in [0, 0.1) is 17.8 Å². The van der Waals surface area contributed by atoms with Gasteiger partial charge in [-0.3, -0.25) is 10.2 Å². The summed E-state index contributed by atoms with van der Waals surface area (Å²) in [4.78, 5) is 15.2. The maximum Gasteiger partial charge on any atom is 0.411 e. The summed E-state index contributed by atoms with van der Waals surface area (Å²) in [5.74, 6) is 1.71. The van der Waals surface area contributed by atoms with Crippen molar-refractivity contribution in [2.45, 2.75) is 25.8 Å². The standard InChI is InChI=1S/C29H32N2O2/c32-29(30-28-14-8-7-13-24(28)17-22-9-3-1-4-10-22)33-21-27-25-15-16-26(27)20-31(19-25)18-23-11-5-2-6-12-23/h1-14,25-27H,15-21H2,(H,30,32). The van der Waals surface area contributed by atoms with E-state index in [2.05, 4.69) is 58.7 Å². The van der Waals surface area contributed by atoms with Gasteiger partial charge in [-0.15, -0.1) is 0 Å². The second-order valence-corrected chi connectivity index (χ2v) is 9.48. The van der Waals surface area contributed by atoms with Crippen molar-refractivity contribution in [2.75, 3.05) is 25.0 Å². The summed E-state index contributed by atoms with van der Waals surface area (Å²) in [5.41, 5.74) is 4.51. The molecule has 0 aromatic heterocycles. The summed E-state index contributed by atoms with van der Waals surface area (Å²) in [6, 6.07) is 29.0. The lowest BCUT2D eigenvalue weighted by molar-refractivity contribution is 0.0528. The molecule has 2 bridgehead atoms. The number of hydrogen-bond acceptors (Lipinski definition) is 3. The minimum absolute atomic E-state index is 0.346. The molecular weight excluding hydrogens is 408 g/mol. The molecule has 5 rings (SSSR count). The van der Waals surface area contributed by atoms with Crippen molar-refractivity contribution in [3.05, 3.63) is 102 Å². The molecular formula is C29H32N2O2. The predicted molar refractivity (Wildman–Crippen MR) is 132 cm³/mol. The number of carbonyl (C=O) groups is 1. The summed E-state index contributed by atoms with van der Waals surface area (Å²) < 4.78 is 5.76. The molecule has 4 nitrogen and oxygen atoms in total. The molecule has 1 aliphatic carbocycles. The third-order valence-corrected chi connectivity index (χ3v) is 7.25. The Labute approximate surface area is 196 Å². The normalized spacial score (nSPS) is 22.1. The van der Waals surface area contributed by atoms with Gasteiger partial charge in [-0.1, -0.05) is 78.9 Å². The smallest absolute Gasteiger partial charge is 0.411 e. The van der Waals surface area contributed by atoms with E-state index in [4.69, 9.17) is 4.74 Å². The number of benzene rings is 3. The zero-order chi connectivity index (χ0) is 22.5. The van der Waals surface area contributed by atoms with E-state index >= 15 is 0 Å². The molecule has 3 aromatic rings. The lowest BCUT2D eigenvalue weighted by Gasteiger charge is -2.37. The highest BCUT2D eigenvalue weighted by Crippen LogP contribution is 2.42. The number of hydrogen-bond donors (Lipinski definition) is 1. The van der Waals surface area contributed by atoms with Gasteiger partial charge < -0.3 is 4.74 Å². The molecule has 1 aliphatic heterocycles. The fraction of sp³-hybridized carbons (Fsp3) is 0.345. The molecule has 1 amide bonds. The summed E-state index contributed by atoms with van der Waals surface area (Å²) in [5, 5.41) is 2.99. The van der Waals surface area contributed by atoms with Crippen LogP contribution in [0.5, 0.6) is 0 Å². The molecule has 2 atom stereocenters. The second kappa shape index (κ2) is 10.2. The molecule has 1 saturated carbocycles. The van der Waals surface area contributed by atoms with Gasteiger partial charge >= 0.3 is 6.09 Å². The lowest BCUT2D eigenvalue weighted by atomic mass is 9.85. The van der Waals surface area contributed by atoms with Gasteiger partial charge in [-0.2, -0.15) is 0 Å². The van der Waals surface area contributed by atoms with Crippen LogP contribution in [0.3, 0.4) is 0 Å². The average Bonchev–Trinajstić information content (AvgIpc) is 3.08. The monoisotopic (exact) mass is 440 g/mol. The zero-order valence-electron chi connectivity index (χ0n) is 19.0. The van der Waals surface area contributed by atoms with Gasteiger partial charge in [0.25, 0.3) is 0 Å². The van der Waals surface area contributed by atoms with E-state index in [1.165, 1.54) is 24.0 Å². The van der Waals surface area contributed by atoms with Crippen LogP contribution in [0.15, 0.2) is 84.9 Å². The fourth-order valence-corrected chi connectivity index (χ4v) is 5.61. The fourth-order valence-electron chi connectivity index (χ4n) is 5.61. The van der Waals surface area contributed by atoms with E-state index in [0.29, 0.717) is 24.4 Å². The van der Waals surface area contributed by atoms with Crippen LogP contribution < -0.4 is 5.32 Å². The lowest BCUT2D eigenvalue weighted by Crippen LogP contribution is -2.43. The van der Waals surface area contributed by atoms with Gasteiger partial charge in [-0.05, 0) is 53.9 Å². The Hall–Kier alpha value is -3.11. The number of rotatable bonds is 7. The molecule has 4 heteroatoms. The summed E-state index contributed by atoms with van der Waals surface area (Å²) >= 11 is 0. The van der Waals surface area contributed by atoms with Crippen molar-refractivity contribution in [1.82, 2.24) is 4.90 Å². The molecule has 2 aliphatic rings. The number of piperidine rings is 1. The molecule has 1 N–H and O–H groups in total. The Bertz CT molecular complexity index is 1040. The van der Waals surface area contributed by atoms with Crippen LogP contribution in [-0.4, -0.2) is 30.7 Å². The average molecular weight is 441 g/mol. The third-order valence-electron chi connectivity index (χ3n) is 7.25. The van der Waals surface area contributed by atoms with Crippen LogP contribution in [0.4, 0.5) is 10.5 Å². The molecule has 2 unspecified atom stereocenters. The first-order valence-corrected chi connectivity index (χ1v) is 12.1. The first-order chi connectivity index (χ1) is 16.2. The van der Waals surface area contributed by atoms with Gasteiger partial charge in [0.2, 0.25) is 0 Å². The van der Waals surface area contributed by atoms with E-state index in [1.807, 2.05) is 36.4 Å². The van der Waals surface area contributed by atoms with Gasteiger partial charge in [-0.25, -0.2) is 4.79 Å². The van der Waals surface area contributed by atoms with Crippen molar-refractivity contribution >= 4 is 11.8 Å². The number of nitrogens with zero attached hydrogens (tertiary/aromatic N) is 1. The number of anilines is 1. The summed E-state index contributed by atoms with van der Waals surface area (Å²) in [6.45, 7) is 3.73. The van der Waals surface area contributed by atoms with Crippen molar-refractivity contribution in [1.29, 1.82) is 0 Å². The largest absolute Gasteiger partial charge is 0.449 e. The zero-order valence-corrected chi connectivity index (χ0v) is 19.0. The Morgan fingerprint density at radius 2 is 1.42 bits per heavy atom. The molecule has 1 saturated heterocycles. The molecule has 0 spiro atoms. The quantitative estimate of drug-likeness (QED) is 0.491. The van der Waals surface area contributed by atoms with Crippen molar-refractivity contribution < 1.29 is 9.53 Å². The maximum atomic E-state index is 12.7. The number of ether oxygens (including phenoxy) is 1. The Morgan fingerprint density at radius 1 is 0.818 bits per heavy atom. The topological polar surface area (TPSA) is 41.6 Å². The van der Waals surface area contributed by atoms with E-state index in [1.54, 1.807) is 0 Å². The Morgan fingerprint density at radius 3 is 2.12 bits per heavy atom. The summed E-state index contributed by atoms with van der Waals surface area (Å²) in [6.07, 6.45) is 2.92. The molecule has 33 heavy (non-hydrogen) atoms. The van der Waals surface area contributed by atoms with Crippen LogP contribution in [0.25, 0.3) is 0 Å². The van der Waals surface area contributed by atoms with Gasteiger partial charge in [0.15, 0.2) is 0 Å². The van der Waals surface area contributed by atoms with Gasteiger partial charge in [0, 0.05) is 31.2 Å². The first-order valence-electron chi connectivity index (χ1n) is 12.1. The highest BCUT2D eigenvalue weighted by Gasteiger charge is 2.42. The minimum atomic E-state index is -0.346. The molecule has 1 heterocycles. The van der Waals surface area contributed by atoms with Crippen molar-refractivity contribution in [3.63, 3.8) is 0 Å². The first kappa shape index (κ1) is 21.7. The van der Waals surface area contributed by atoms with E-state index in [9.17, 15) is 4.79 Å². The second-order valence-electron chi connectivity index (χ2n) is 9.48. The number of amides is 1. The van der Waals surface area contributed by atoms with Crippen LogP contribution >= 0.6 is 0 Å². The van der Waals surface area contributed by atoms with Crippen LogP contribution in [0.1, 0.15) is 29.5 Å². The number of nitrogens with one attached hydrogen (secondary N) is 1. The Kier molecular flexibility index (Phi) is 6.73. The predicted octanol–water partition coefficient (Wildman–Crippen LogP) is 5.98. The van der Waals surface area contributed by atoms with Gasteiger partial charge in [0.1, 0.15) is 0 Å². The maximum absolute atomic E-state index is 12.7. The number of fused-ring (bicyclic) bond motifs is 2. The number of likely N-dealkylation sites (tertiary alicyclic amines) is 1. The van der Waals surface area contributed by atoms with E-state index in [-0.39, 0.29) is 6.09 Å². The third kappa shape index (κ3) is 5.45. The minimum Gasteiger partial charge on any atom is -0.449 e. The molecule has 0 radical (unpaired) electrons. The van der Waals surface area contributed by atoms with E-state index < -0.39 is 0 Å². The van der Waals surface area contributed by atoms with Crippen molar-refractivity contribution in [2.24, 2.45) is 17.8 Å². The Balaban J connectivity index is 1.14. The molecule has 2 fully saturated rings. The van der Waals surface area contributed by atoms with Crippen LogP contribution in [0.2, 0.25) is 0 Å². The van der Waals surface area contributed by atoms with Crippen LogP contribution in [-0.2, 0) is 17.7 Å². The molecule has 3 aromatic carbocycles.